The van der Waals surface area contributed by atoms with E-state index in [4.69, 9.17) is 27.9 Å². The fraction of sp³-hybridized carbons (Fsp3) is 0.360. The highest BCUT2D eigenvalue weighted by atomic mass is 35.5. The highest BCUT2D eigenvalue weighted by Gasteiger charge is 2.48. The molecule has 5 rings (SSSR count). The summed E-state index contributed by atoms with van der Waals surface area (Å²) in [6, 6.07) is 11.4. The van der Waals surface area contributed by atoms with Crippen molar-refractivity contribution in [3.05, 3.63) is 52.5 Å². The number of benzene rings is 2. The lowest BCUT2D eigenvalue weighted by Gasteiger charge is -2.19. The van der Waals surface area contributed by atoms with Gasteiger partial charge in [-0.15, -0.1) is 0 Å². The van der Waals surface area contributed by atoms with E-state index in [-0.39, 0.29) is 53.3 Å². The van der Waals surface area contributed by atoms with Crippen LogP contribution in [0.2, 0.25) is 10.0 Å². The number of ether oxygens (including phenoxy) is 1. The molecule has 3 fully saturated rings. The third kappa shape index (κ3) is 3.97. The summed E-state index contributed by atoms with van der Waals surface area (Å²) in [5, 5.41) is 0.570. The van der Waals surface area contributed by atoms with Crippen molar-refractivity contribution in [2.75, 3.05) is 16.3 Å². The number of carbonyl (C=O) groups is 4. The number of esters is 1. The monoisotopic (exact) mass is 500 g/mol. The van der Waals surface area contributed by atoms with Crippen molar-refractivity contribution in [2.24, 2.45) is 17.8 Å². The second kappa shape index (κ2) is 9.04. The molecule has 2 aromatic rings. The van der Waals surface area contributed by atoms with E-state index in [1.165, 1.54) is 15.9 Å². The molecule has 3 aliphatic rings. The van der Waals surface area contributed by atoms with E-state index in [0.717, 1.165) is 25.7 Å². The lowest BCUT2D eigenvalue weighted by Crippen LogP contribution is -2.31. The van der Waals surface area contributed by atoms with Crippen LogP contribution < -0.4 is 14.5 Å². The Morgan fingerprint density at radius 1 is 0.941 bits per heavy atom. The van der Waals surface area contributed by atoms with Gasteiger partial charge in [0.2, 0.25) is 17.7 Å². The maximum Gasteiger partial charge on any atom is 0.316 e. The molecule has 0 unspecified atom stereocenters. The summed E-state index contributed by atoms with van der Waals surface area (Å²) >= 11 is 12.3. The lowest BCUT2D eigenvalue weighted by atomic mass is 9.81. The molecule has 3 amide bonds. The molecule has 2 saturated heterocycles. The van der Waals surface area contributed by atoms with Crippen LogP contribution in [0.15, 0.2) is 42.5 Å². The first kappa shape index (κ1) is 22.9. The molecule has 2 aliphatic heterocycles. The SMILES string of the molecule is O=C(Oc1cccc(N2C(=O)[C@H]3CCCC[C@H]3C2=O)c1)[C@@H]1CC(=O)N(c2cccc(Cl)c2Cl)C1. The Labute approximate surface area is 206 Å². The first-order chi connectivity index (χ1) is 16.3. The molecular formula is C25H22Cl2N2O5. The Morgan fingerprint density at radius 2 is 1.62 bits per heavy atom. The van der Waals surface area contributed by atoms with Crippen molar-refractivity contribution in [1.82, 2.24) is 0 Å². The van der Waals surface area contributed by atoms with Crippen LogP contribution in [-0.2, 0) is 19.2 Å². The van der Waals surface area contributed by atoms with Crippen LogP contribution >= 0.6 is 23.2 Å². The van der Waals surface area contributed by atoms with Gasteiger partial charge in [0, 0.05) is 19.0 Å². The summed E-state index contributed by atoms with van der Waals surface area (Å²) in [5.41, 5.74) is 0.841. The Hall–Kier alpha value is -2.90. The molecule has 176 valence electrons. The van der Waals surface area contributed by atoms with Gasteiger partial charge in [0.25, 0.3) is 0 Å². The van der Waals surface area contributed by atoms with Crippen LogP contribution in [0.1, 0.15) is 32.1 Å². The van der Waals surface area contributed by atoms with Gasteiger partial charge in [-0.05, 0) is 37.1 Å². The molecule has 2 heterocycles. The van der Waals surface area contributed by atoms with E-state index < -0.39 is 11.9 Å². The average molecular weight is 501 g/mol. The quantitative estimate of drug-likeness (QED) is 0.347. The molecule has 2 aromatic carbocycles. The van der Waals surface area contributed by atoms with Crippen molar-refractivity contribution in [1.29, 1.82) is 0 Å². The maximum atomic E-state index is 12.9. The smallest absolute Gasteiger partial charge is 0.316 e. The number of fused-ring (bicyclic) bond motifs is 1. The fourth-order valence-electron chi connectivity index (χ4n) is 5.10. The van der Waals surface area contributed by atoms with E-state index >= 15 is 0 Å². The standard InChI is InChI=1S/C25H22Cl2N2O5/c26-19-9-4-10-20(22(19)27)28-13-14(11-21(28)30)25(33)34-16-6-3-5-15(12-16)29-23(31)17-7-1-2-8-18(17)24(29)32/h3-6,9-10,12,14,17-18H,1-2,7-8,11,13H2/t14-,17-,18+/m1/s1. The van der Waals surface area contributed by atoms with E-state index in [2.05, 4.69) is 0 Å². The normalized spacial score (nSPS) is 24.5. The average Bonchev–Trinajstić information content (AvgIpc) is 3.33. The molecule has 0 N–H and O–H groups in total. The molecule has 1 saturated carbocycles. The molecule has 34 heavy (non-hydrogen) atoms. The Kier molecular flexibility index (Phi) is 6.08. The van der Waals surface area contributed by atoms with Gasteiger partial charge in [-0.25, -0.2) is 4.90 Å². The molecule has 7 nitrogen and oxygen atoms in total. The Balaban J connectivity index is 1.30. The van der Waals surface area contributed by atoms with E-state index in [1.54, 1.807) is 36.4 Å². The first-order valence-corrected chi connectivity index (χ1v) is 12.0. The van der Waals surface area contributed by atoms with Gasteiger partial charge in [-0.2, -0.15) is 0 Å². The van der Waals surface area contributed by atoms with Gasteiger partial charge in [0.05, 0.1) is 39.2 Å². The van der Waals surface area contributed by atoms with Crippen LogP contribution in [0.5, 0.6) is 5.75 Å². The molecule has 0 aromatic heterocycles. The van der Waals surface area contributed by atoms with Gasteiger partial charge in [-0.3, -0.25) is 19.2 Å². The molecule has 0 bridgehead atoms. The van der Waals surface area contributed by atoms with Gasteiger partial charge in [0.1, 0.15) is 5.75 Å². The zero-order valence-corrected chi connectivity index (χ0v) is 19.7. The number of hydrogen-bond donors (Lipinski definition) is 0. The second-order valence-electron chi connectivity index (χ2n) is 8.91. The van der Waals surface area contributed by atoms with Crippen LogP contribution in [0, 0.1) is 17.8 Å². The number of carbonyl (C=O) groups excluding carboxylic acids is 4. The van der Waals surface area contributed by atoms with Crippen LogP contribution in [-0.4, -0.2) is 30.2 Å². The Bertz CT molecular complexity index is 1180. The first-order valence-electron chi connectivity index (χ1n) is 11.3. The van der Waals surface area contributed by atoms with Crippen molar-refractivity contribution in [2.45, 2.75) is 32.1 Å². The summed E-state index contributed by atoms with van der Waals surface area (Å²) in [4.78, 5) is 53.8. The summed E-state index contributed by atoms with van der Waals surface area (Å²) in [6.45, 7) is 0.115. The number of hydrogen-bond acceptors (Lipinski definition) is 5. The fourth-order valence-corrected chi connectivity index (χ4v) is 5.50. The van der Waals surface area contributed by atoms with Gasteiger partial charge in [0.15, 0.2) is 0 Å². The van der Waals surface area contributed by atoms with Crippen LogP contribution in [0.25, 0.3) is 0 Å². The lowest BCUT2D eigenvalue weighted by molar-refractivity contribution is -0.139. The highest BCUT2D eigenvalue weighted by molar-refractivity contribution is 6.44. The number of amides is 3. The molecule has 9 heteroatoms. The number of nitrogens with zero attached hydrogens (tertiary/aromatic N) is 2. The van der Waals surface area contributed by atoms with Gasteiger partial charge in [-0.1, -0.05) is 48.2 Å². The van der Waals surface area contributed by atoms with Gasteiger partial charge < -0.3 is 9.64 Å². The summed E-state index contributed by atoms with van der Waals surface area (Å²) in [5.74, 6) is -2.20. The van der Waals surface area contributed by atoms with Crippen molar-refractivity contribution in [3.63, 3.8) is 0 Å². The summed E-state index contributed by atoms with van der Waals surface area (Å²) in [7, 11) is 0. The van der Waals surface area contributed by atoms with Gasteiger partial charge >= 0.3 is 5.97 Å². The minimum atomic E-state index is -0.691. The van der Waals surface area contributed by atoms with Crippen molar-refractivity contribution >= 4 is 58.3 Å². The molecule has 3 atom stereocenters. The minimum absolute atomic E-state index is 0.0200. The van der Waals surface area contributed by atoms with E-state index in [1.807, 2.05) is 0 Å². The minimum Gasteiger partial charge on any atom is -0.426 e. The zero-order chi connectivity index (χ0) is 24.0. The zero-order valence-electron chi connectivity index (χ0n) is 18.2. The summed E-state index contributed by atoms with van der Waals surface area (Å²) in [6.07, 6.45) is 3.33. The maximum absolute atomic E-state index is 12.9. The second-order valence-corrected chi connectivity index (χ2v) is 9.69. The van der Waals surface area contributed by atoms with E-state index in [9.17, 15) is 19.2 Å². The molecule has 1 aliphatic carbocycles. The summed E-state index contributed by atoms with van der Waals surface area (Å²) < 4.78 is 5.55. The number of anilines is 2. The van der Waals surface area contributed by atoms with Crippen LogP contribution in [0.3, 0.4) is 0 Å². The number of imide groups is 1. The number of halogens is 2. The van der Waals surface area contributed by atoms with Crippen molar-refractivity contribution < 1.29 is 23.9 Å². The predicted octanol–water partition coefficient (Wildman–Crippen LogP) is 4.63. The molecular weight excluding hydrogens is 479 g/mol. The van der Waals surface area contributed by atoms with Crippen molar-refractivity contribution in [3.8, 4) is 5.75 Å². The molecule has 0 radical (unpaired) electrons. The molecule has 0 spiro atoms. The third-order valence-corrected chi connectivity index (χ3v) is 7.62. The van der Waals surface area contributed by atoms with Crippen LogP contribution in [0.4, 0.5) is 11.4 Å². The Morgan fingerprint density at radius 3 is 2.32 bits per heavy atom. The third-order valence-electron chi connectivity index (χ3n) is 6.82. The largest absolute Gasteiger partial charge is 0.426 e. The highest BCUT2D eigenvalue weighted by Crippen LogP contribution is 2.41. The number of rotatable bonds is 4. The topological polar surface area (TPSA) is 84.0 Å². The van der Waals surface area contributed by atoms with E-state index in [0.29, 0.717) is 16.4 Å². The predicted molar refractivity (Wildman–Crippen MR) is 127 cm³/mol.